The van der Waals surface area contributed by atoms with Crippen LogP contribution in [0.2, 0.25) is 10.2 Å². The van der Waals surface area contributed by atoms with E-state index in [0.717, 1.165) is 38.2 Å². The smallest absolute Gasteiger partial charge is 0.222 e. The van der Waals surface area contributed by atoms with Gasteiger partial charge in [-0.3, -0.25) is 9.69 Å². The van der Waals surface area contributed by atoms with E-state index < -0.39 is 0 Å². The summed E-state index contributed by atoms with van der Waals surface area (Å²) >= 11 is 12.0. The van der Waals surface area contributed by atoms with Crippen LogP contribution in [0.5, 0.6) is 0 Å². The van der Waals surface area contributed by atoms with Crippen molar-refractivity contribution < 1.29 is 4.79 Å². The van der Waals surface area contributed by atoms with Crippen LogP contribution in [-0.4, -0.2) is 46.4 Å². The van der Waals surface area contributed by atoms with Crippen molar-refractivity contribution in [2.45, 2.75) is 25.4 Å². The van der Waals surface area contributed by atoms with Gasteiger partial charge in [0.15, 0.2) is 0 Å². The van der Waals surface area contributed by atoms with Crippen molar-refractivity contribution in [1.82, 2.24) is 14.8 Å². The molecule has 0 bridgehead atoms. The molecule has 2 aliphatic heterocycles. The van der Waals surface area contributed by atoms with Gasteiger partial charge >= 0.3 is 0 Å². The van der Waals surface area contributed by atoms with Crippen LogP contribution in [0.25, 0.3) is 0 Å². The lowest BCUT2D eigenvalue weighted by Crippen LogP contribution is -2.50. The number of carbonyl (C=O) groups is 1. The van der Waals surface area contributed by atoms with E-state index in [1.54, 1.807) is 12.3 Å². The van der Waals surface area contributed by atoms with Crippen LogP contribution >= 0.6 is 23.2 Å². The second-order valence-electron chi connectivity index (χ2n) is 5.11. The number of halogens is 2. The van der Waals surface area contributed by atoms with Crippen LogP contribution in [0.4, 0.5) is 0 Å². The van der Waals surface area contributed by atoms with Gasteiger partial charge in [-0.05, 0) is 12.5 Å². The summed E-state index contributed by atoms with van der Waals surface area (Å²) < 4.78 is 0. The van der Waals surface area contributed by atoms with E-state index in [1.165, 1.54) is 0 Å². The molecule has 1 unspecified atom stereocenters. The highest BCUT2D eigenvalue weighted by Crippen LogP contribution is 2.25. The zero-order valence-electron chi connectivity index (χ0n) is 10.5. The molecule has 2 saturated heterocycles. The van der Waals surface area contributed by atoms with Crippen molar-refractivity contribution >= 4 is 29.1 Å². The van der Waals surface area contributed by atoms with E-state index in [2.05, 4.69) is 9.88 Å². The van der Waals surface area contributed by atoms with Crippen molar-refractivity contribution in [2.24, 2.45) is 0 Å². The van der Waals surface area contributed by atoms with Gasteiger partial charge in [-0.1, -0.05) is 23.2 Å². The Morgan fingerprint density at radius 3 is 3.00 bits per heavy atom. The second kappa shape index (κ2) is 5.27. The standard InChI is InChI=1S/C13H15Cl2N3O/c14-11-5-12(15)16-6-9(11)7-17-3-4-18-10(8-17)1-2-13(18)19/h5-6,10H,1-4,7-8H2. The highest BCUT2D eigenvalue weighted by molar-refractivity contribution is 6.34. The van der Waals surface area contributed by atoms with Crippen molar-refractivity contribution in [3.8, 4) is 0 Å². The Morgan fingerprint density at radius 1 is 1.37 bits per heavy atom. The minimum atomic E-state index is 0.302. The molecule has 1 aromatic heterocycles. The first-order valence-corrected chi connectivity index (χ1v) is 7.21. The number of hydrogen-bond donors (Lipinski definition) is 0. The number of nitrogens with zero attached hydrogens (tertiary/aromatic N) is 3. The fourth-order valence-electron chi connectivity index (χ4n) is 2.87. The lowest BCUT2D eigenvalue weighted by Gasteiger charge is -2.37. The summed E-state index contributed by atoms with van der Waals surface area (Å²) in [5.41, 5.74) is 0.990. The van der Waals surface area contributed by atoms with E-state index in [9.17, 15) is 4.79 Å². The van der Waals surface area contributed by atoms with Crippen LogP contribution in [0, 0.1) is 0 Å². The molecule has 1 amide bonds. The maximum absolute atomic E-state index is 11.6. The lowest BCUT2D eigenvalue weighted by atomic mass is 10.1. The van der Waals surface area contributed by atoms with Gasteiger partial charge in [0.05, 0.1) is 0 Å². The van der Waals surface area contributed by atoms with Crippen molar-refractivity contribution in [2.75, 3.05) is 19.6 Å². The molecule has 2 fully saturated rings. The van der Waals surface area contributed by atoms with Gasteiger partial charge in [0, 0.05) is 55.4 Å². The summed E-state index contributed by atoms with van der Waals surface area (Å²) in [7, 11) is 0. The number of piperazine rings is 1. The number of fused-ring (bicyclic) bond motifs is 1. The summed E-state index contributed by atoms with van der Waals surface area (Å²) in [4.78, 5) is 20.0. The van der Waals surface area contributed by atoms with Crippen molar-refractivity contribution in [3.05, 3.63) is 28.0 Å². The average molecular weight is 300 g/mol. The molecule has 0 spiro atoms. The molecule has 0 radical (unpaired) electrons. The van der Waals surface area contributed by atoms with Crippen LogP contribution in [0.1, 0.15) is 18.4 Å². The molecule has 3 heterocycles. The maximum atomic E-state index is 11.6. The monoisotopic (exact) mass is 299 g/mol. The molecule has 0 aliphatic carbocycles. The highest BCUT2D eigenvalue weighted by Gasteiger charge is 2.35. The molecule has 4 nitrogen and oxygen atoms in total. The number of pyridine rings is 1. The van der Waals surface area contributed by atoms with Gasteiger partial charge in [0.25, 0.3) is 0 Å². The first-order chi connectivity index (χ1) is 9.13. The molecule has 0 aromatic carbocycles. The summed E-state index contributed by atoms with van der Waals surface area (Å²) in [6.45, 7) is 3.40. The molecule has 6 heteroatoms. The minimum Gasteiger partial charge on any atom is -0.337 e. The molecular formula is C13H15Cl2N3O. The second-order valence-corrected chi connectivity index (χ2v) is 5.91. The van der Waals surface area contributed by atoms with Gasteiger partial charge < -0.3 is 4.90 Å². The number of rotatable bonds is 2. The van der Waals surface area contributed by atoms with Crippen LogP contribution < -0.4 is 0 Å². The Hall–Kier alpha value is -0.840. The third kappa shape index (κ3) is 2.71. The van der Waals surface area contributed by atoms with Crippen LogP contribution in [0.3, 0.4) is 0 Å². The van der Waals surface area contributed by atoms with Crippen LogP contribution in [-0.2, 0) is 11.3 Å². The number of amides is 1. The molecule has 19 heavy (non-hydrogen) atoms. The number of aromatic nitrogens is 1. The molecule has 1 atom stereocenters. The Bertz CT molecular complexity index is 509. The summed E-state index contributed by atoms with van der Waals surface area (Å²) in [5.74, 6) is 0.302. The Kier molecular flexibility index (Phi) is 3.65. The quantitative estimate of drug-likeness (QED) is 0.786. The summed E-state index contributed by atoms with van der Waals surface area (Å²) in [5, 5.41) is 1.07. The molecule has 1 aromatic rings. The predicted octanol–water partition coefficient (Wildman–Crippen LogP) is 2.20. The van der Waals surface area contributed by atoms with E-state index in [0.29, 0.717) is 28.5 Å². The van der Waals surface area contributed by atoms with Gasteiger partial charge in [-0.2, -0.15) is 0 Å². The molecule has 0 N–H and O–H groups in total. The Morgan fingerprint density at radius 2 is 2.21 bits per heavy atom. The molecule has 0 saturated carbocycles. The van der Waals surface area contributed by atoms with Gasteiger partial charge in [0.2, 0.25) is 5.91 Å². The maximum Gasteiger partial charge on any atom is 0.222 e. The number of hydrogen-bond acceptors (Lipinski definition) is 3. The van der Waals surface area contributed by atoms with Crippen LogP contribution in [0.15, 0.2) is 12.3 Å². The summed E-state index contributed by atoms with van der Waals surface area (Å²) in [6, 6.07) is 2.05. The normalized spacial score (nSPS) is 23.8. The zero-order valence-corrected chi connectivity index (χ0v) is 12.0. The van der Waals surface area contributed by atoms with E-state index in [4.69, 9.17) is 23.2 Å². The molecule has 102 valence electrons. The van der Waals surface area contributed by atoms with E-state index >= 15 is 0 Å². The first-order valence-electron chi connectivity index (χ1n) is 6.45. The molecule has 2 aliphatic rings. The average Bonchev–Trinajstić information content (AvgIpc) is 2.74. The lowest BCUT2D eigenvalue weighted by molar-refractivity contribution is -0.130. The third-order valence-electron chi connectivity index (χ3n) is 3.87. The number of carbonyl (C=O) groups excluding carboxylic acids is 1. The van der Waals surface area contributed by atoms with Gasteiger partial charge in [0.1, 0.15) is 5.15 Å². The van der Waals surface area contributed by atoms with E-state index in [-0.39, 0.29) is 0 Å². The largest absolute Gasteiger partial charge is 0.337 e. The highest BCUT2D eigenvalue weighted by atomic mass is 35.5. The van der Waals surface area contributed by atoms with Crippen molar-refractivity contribution in [1.29, 1.82) is 0 Å². The predicted molar refractivity (Wildman–Crippen MR) is 74.3 cm³/mol. The molecule has 3 rings (SSSR count). The fraction of sp³-hybridized carbons (Fsp3) is 0.538. The third-order valence-corrected chi connectivity index (χ3v) is 4.43. The topological polar surface area (TPSA) is 36.4 Å². The Labute approximate surface area is 122 Å². The molecular weight excluding hydrogens is 285 g/mol. The zero-order chi connectivity index (χ0) is 13.4. The van der Waals surface area contributed by atoms with Gasteiger partial charge in [-0.15, -0.1) is 0 Å². The first kappa shape index (κ1) is 13.2. The van der Waals surface area contributed by atoms with E-state index in [1.807, 2.05) is 4.90 Å². The van der Waals surface area contributed by atoms with Crippen molar-refractivity contribution in [3.63, 3.8) is 0 Å². The fourth-order valence-corrected chi connectivity index (χ4v) is 3.29. The minimum absolute atomic E-state index is 0.302. The SMILES string of the molecule is O=C1CCC2CN(Cc3cnc(Cl)cc3Cl)CCN12. The van der Waals surface area contributed by atoms with Gasteiger partial charge in [-0.25, -0.2) is 4.98 Å². The Balaban J connectivity index is 1.66. The summed E-state index contributed by atoms with van der Waals surface area (Å²) in [6.07, 6.45) is 3.40.